The van der Waals surface area contributed by atoms with Gasteiger partial charge in [0.25, 0.3) is 0 Å². The molecule has 0 spiro atoms. The normalized spacial score (nSPS) is 17.4. The molecule has 3 aromatic rings. The number of hydrogen-bond donors (Lipinski definition) is 2. The summed E-state index contributed by atoms with van der Waals surface area (Å²) in [5.74, 6) is 0.948. The summed E-state index contributed by atoms with van der Waals surface area (Å²) in [5, 5.41) is 6.31. The molecule has 2 aliphatic rings. The Morgan fingerprint density at radius 3 is 3.06 bits per heavy atom. The van der Waals surface area contributed by atoms with Gasteiger partial charge in [0.15, 0.2) is 0 Å². The first-order chi connectivity index (χ1) is 16.6. The number of ether oxygens (including phenoxy) is 2. The highest BCUT2D eigenvalue weighted by Gasteiger charge is 2.32. The highest BCUT2D eigenvalue weighted by Crippen LogP contribution is 2.35. The fourth-order valence-corrected chi connectivity index (χ4v) is 4.91. The third kappa shape index (κ3) is 4.78. The minimum absolute atomic E-state index is 0.0290. The molecular weight excluding hydrogens is 454 g/mol. The summed E-state index contributed by atoms with van der Waals surface area (Å²) < 4.78 is 10.8. The number of hydrogen-bond acceptors (Lipinski definition) is 8. The summed E-state index contributed by atoms with van der Waals surface area (Å²) in [6, 6.07) is 11.3. The van der Waals surface area contributed by atoms with Gasteiger partial charge in [-0.15, -0.1) is 11.8 Å². The number of cyclic esters (lactones) is 1. The number of carbonyl (C=O) groups excluding carboxylic acids is 2. The van der Waals surface area contributed by atoms with Gasteiger partial charge in [-0.3, -0.25) is 14.7 Å². The van der Waals surface area contributed by atoms with Crippen molar-refractivity contribution in [3.8, 4) is 5.88 Å². The predicted molar refractivity (Wildman–Crippen MR) is 130 cm³/mol. The van der Waals surface area contributed by atoms with E-state index in [-0.39, 0.29) is 18.1 Å². The molecule has 1 atom stereocenters. The van der Waals surface area contributed by atoms with E-state index in [2.05, 4.69) is 20.6 Å². The quantitative estimate of drug-likeness (QED) is 0.473. The van der Waals surface area contributed by atoms with E-state index < -0.39 is 0 Å². The summed E-state index contributed by atoms with van der Waals surface area (Å²) in [6.45, 7) is 1.94. The number of nitrogens with zero attached hydrogens (tertiary/aromatic N) is 3. The maximum atomic E-state index is 12.4. The molecule has 5 rings (SSSR count). The van der Waals surface area contributed by atoms with Gasteiger partial charge in [0.2, 0.25) is 11.8 Å². The molecule has 9 nitrogen and oxygen atoms in total. The Morgan fingerprint density at radius 2 is 2.18 bits per heavy atom. The van der Waals surface area contributed by atoms with Gasteiger partial charge >= 0.3 is 6.09 Å². The van der Waals surface area contributed by atoms with Crippen LogP contribution in [0.1, 0.15) is 18.4 Å². The molecule has 0 bridgehead atoms. The first-order valence-corrected chi connectivity index (χ1v) is 12.1. The van der Waals surface area contributed by atoms with Crippen molar-refractivity contribution in [1.82, 2.24) is 15.3 Å². The largest absolute Gasteiger partial charge is 0.481 e. The number of anilines is 2. The molecule has 0 aliphatic carbocycles. The zero-order valence-electron chi connectivity index (χ0n) is 18.7. The summed E-state index contributed by atoms with van der Waals surface area (Å²) >= 11 is 1.50. The van der Waals surface area contributed by atoms with Crippen LogP contribution < -0.4 is 20.3 Å². The Labute approximate surface area is 201 Å². The lowest BCUT2D eigenvalue weighted by molar-refractivity contribution is -0.113. The topological polar surface area (TPSA) is 106 Å². The second kappa shape index (κ2) is 9.86. The van der Waals surface area contributed by atoms with E-state index in [9.17, 15) is 9.59 Å². The first-order valence-electron chi connectivity index (χ1n) is 11.1. The number of methoxy groups -OCH3 is 1. The van der Waals surface area contributed by atoms with Crippen LogP contribution in [0.2, 0.25) is 0 Å². The van der Waals surface area contributed by atoms with Crippen LogP contribution in [0, 0.1) is 0 Å². The van der Waals surface area contributed by atoms with Crippen LogP contribution in [-0.2, 0) is 16.1 Å². The molecular formula is C24H25N5O4S. The van der Waals surface area contributed by atoms with Crippen molar-refractivity contribution in [2.45, 2.75) is 30.4 Å². The van der Waals surface area contributed by atoms with Gasteiger partial charge in [-0.05, 0) is 55.3 Å². The predicted octanol–water partition coefficient (Wildman–Crippen LogP) is 3.58. The molecule has 2 aliphatic heterocycles. The van der Waals surface area contributed by atoms with Crippen molar-refractivity contribution in [2.75, 3.05) is 36.2 Å². The van der Waals surface area contributed by atoms with Gasteiger partial charge in [-0.1, -0.05) is 0 Å². The van der Waals surface area contributed by atoms with Crippen molar-refractivity contribution in [1.29, 1.82) is 0 Å². The maximum absolute atomic E-state index is 12.4. The first kappa shape index (κ1) is 22.4. The minimum atomic E-state index is -0.351. The standard InChI is InChI=1S/C24H25N5O4S/c1-32-22-7-5-18-23(28-22)15(8-10-26-18)12-25-9-2-3-17-13-29(24(31)33-17)16-4-6-20-19(11-16)27-21(30)14-34-20/h4-8,10-11,17,25H,2-3,9,12-14H2,1H3,(H,27,30)/t17-/m0/s1. The van der Waals surface area contributed by atoms with Crippen LogP contribution in [-0.4, -0.2) is 54.0 Å². The lowest BCUT2D eigenvalue weighted by atomic mass is 10.1. The second-order valence-electron chi connectivity index (χ2n) is 8.14. The number of fused-ring (bicyclic) bond motifs is 2. The molecule has 1 saturated heterocycles. The van der Waals surface area contributed by atoms with Crippen molar-refractivity contribution < 1.29 is 19.1 Å². The van der Waals surface area contributed by atoms with E-state index in [1.165, 1.54) is 11.8 Å². The number of nitrogens with one attached hydrogen (secondary N) is 2. The number of pyridine rings is 2. The molecule has 10 heteroatoms. The van der Waals surface area contributed by atoms with Crippen molar-refractivity contribution >= 4 is 46.2 Å². The average Bonchev–Trinajstić information content (AvgIpc) is 3.23. The molecule has 0 unspecified atom stereocenters. The SMILES string of the molecule is COc1ccc2nccc(CNCCC[C@H]3CN(c4ccc5c(c4)NC(=O)CS5)C(=O)O3)c2n1. The number of aromatic nitrogens is 2. The van der Waals surface area contributed by atoms with Crippen molar-refractivity contribution in [3.05, 3.63) is 48.2 Å². The van der Waals surface area contributed by atoms with Crippen LogP contribution in [0.5, 0.6) is 5.88 Å². The van der Waals surface area contributed by atoms with Crippen molar-refractivity contribution in [2.24, 2.45) is 0 Å². The molecule has 1 fully saturated rings. The Hall–Kier alpha value is -3.37. The molecule has 0 saturated carbocycles. The Bertz CT molecular complexity index is 1240. The fourth-order valence-electron chi connectivity index (χ4n) is 4.12. The van der Waals surface area contributed by atoms with Gasteiger partial charge < -0.3 is 20.1 Å². The number of rotatable bonds is 8. The molecule has 176 valence electrons. The van der Waals surface area contributed by atoms with Crippen molar-refractivity contribution in [3.63, 3.8) is 0 Å². The van der Waals surface area contributed by atoms with E-state index in [4.69, 9.17) is 9.47 Å². The minimum Gasteiger partial charge on any atom is -0.481 e. The molecule has 34 heavy (non-hydrogen) atoms. The maximum Gasteiger partial charge on any atom is 0.414 e. The second-order valence-corrected chi connectivity index (χ2v) is 9.16. The number of benzene rings is 1. The molecule has 2 aromatic heterocycles. The van der Waals surface area contributed by atoms with E-state index in [1.54, 1.807) is 24.3 Å². The third-order valence-corrected chi connectivity index (χ3v) is 6.90. The van der Waals surface area contributed by atoms with E-state index >= 15 is 0 Å². The van der Waals surface area contributed by atoms with Crippen LogP contribution in [0.4, 0.5) is 16.2 Å². The Balaban J connectivity index is 1.12. The van der Waals surface area contributed by atoms with Crippen LogP contribution in [0.25, 0.3) is 11.0 Å². The highest BCUT2D eigenvalue weighted by atomic mass is 32.2. The zero-order chi connectivity index (χ0) is 23.5. The zero-order valence-corrected chi connectivity index (χ0v) is 19.6. The Morgan fingerprint density at radius 1 is 1.26 bits per heavy atom. The smallest absolute Gasteiger partial charge is 0.414 e. The lowest BCUT2D eigenvalue weighted by Crippen LogP contribution is -2.25. The number of carbonyl (C=O) groups is 2. The van der Waals surface area contributed by atoms with Gasteiger partial charge in [0, 0.05) is 29.4 Å². The summed E-state index contributed by atoms with van der Waals surface area (Å²) in [5.41, 5.74) is 4.20. The number of amides is 2. The molecule has 2 N–H and O–H groups in total. The summed E-state index contributed by atoms with van der Waals surface area (Å²) in [6.07, 6.45) is 2.89. The molecule has 2 amide bonds. The van der Waals surface area contributed by atoms with Crippen LogP contribution >= 0.6 is 11.8 Å². The van der Waals surface area contributed by atoms with E-state index in [0.29, 0.717) is 24.7 Å². The molecule has 0 radical (unpaired) electrons. The van der Waals surface area contributed by atoms with Gasteiger partial charge in [-0.2, -0.15) is 0 Å². The fraction of sp³-hybridized carbons (Fsp3) is 0.333. The monoisotopic (exact) mass is 479 g/mol. The summed E-state index contributed by atoms with van der Waals surface area (Å²) in [7, 11) is 1.60. The highest BCUT2D eigenvalue weighted by molar-refractivity contribution is 8.00. The molecule has 4 heterocycles. The molecule has 1 aromatic carbocycles. The summed E-state index contributed by atoms with van der Waals surface area (Å²) in [4.78, 5) is 35.6. The van der Waals surface area contributed by atoms with Gasteiger partial charge in [-0.25, -0.2) is 9.78 Å². The van der Waals surface area contributed by atoms with Gasteiger partial charge in [0.1, 0.15) is 6.10 Å². The van der Waals surface area contributed by atoms with Crippen LogP contribution in [0.15, 0.2) is 47.5 Å². The van der Waals surface area contributed by atoms with Gasteiger partial charge in [0.05, 0.1) is 36.1 Å². The third-order valence-electron chi connectivity index (χ3n) is 5.83. The van der Waals surface area contributed by atoms with E-state index in [0.717, 1.165) is 52.3 Å². The average molecular weight is 480 g/mol. The van der Waals surface area contributed by atoms with E-state index in [1.807, 2.05) is 30.3 Å². The van der Waals surface area contributed by atoms with Crippen LogP contribution in [0.3, 0.4) is 0 Å². The Kier molecular flexibility index (Phi) is 6.50. The lowest BCUT2D eigenvalue weighted by Gasteiger charge is -2.20. The number of thioether (sulfide) groups is 1.